The summed E-state index contributed by atoms with van der Waals surface area (Å²) >= 11 is 0. The summed E-state index contributed by atoms with van der Waals surface area (Å²) < 4.78 is 0. The maximum Gasteiger partial charge on any atom is 0.0769 e. The third-order valence-corrected chi connectivity index (χ3v) is 1.94. The molecule has 0 aliphatic heterocycles. The molecule has 1 aromatic rings. The van der Waals surface area contributed by atoms with Gasteiger partial charge >= 0.3 is 0 Å². The van der Waals surface area contributed by atoms with Crippen molar-refractivity contribution in [3.05, 3.63) is 24.3 Å². The standard InChI is InChI=1S/C10H18N4/c1-4-12-10(8-14(2)3)9-7-11-5-6-13-9/h5-7,10,12H,4,8H2,1-3H3. The largest absolute Gasteiger partial charge is 0.308 e. The molecule has 0 saturated heterocycles. The molecule has 1 N–H and O–H groups in total. The Kier molecular flexibility index (Phi) is 4.49. The molecular formula is C10H18N4. The van der Waals surface area contributed by atoms with Crippen LogP contribution in [-0.4, -0.2) is 42.1 Å². The molecule has 1 heterocycles. The summed E-state index contributed by atoms with van der Waals surface area (Å²) in [6.07, 6.45) is 5.24. The van der Waals surface area contributed by atoms with Gasteiger partial charge in [0.2, 0.25) is 0 Å². The Balaban J connectivity index is 2.67. The smallest absolute Gasteiger partial charge is 0.0769 e. The molecule has 0 aliphatic carbocycles. The number of rotatable bonds is 5. The second kappa shape index (κ2) is 5.67. The summed E-state index contributed by atoms with van der Waals surface area (Å²) in [5.41, 5.74) is 1.00. The predicted molar refractivity (Wildman–Crippen MR) is 57.0 cm³/mol. The zero-order chi connectivity index (χ0) is 10.4. The van der Waals surface area contributed by atoms with Gasteiger partial charge in [-0.1, -0.05) is 6.92 Å². The van der Waals surface area contributed by atoms with Crippen LogP contribution in [0.4, 0.5) is 0 Å². The average molecular weight is 194 g/mol. The normalized spacial score (nSPS) is 13.1. The molecule has 78 valence electrons. The molecule has 4 nitrogen and oxygen atoms in total. The van der Waals surface area contributed by atoms with Gasteiger partial charge in [-0.2, -0.15) is 0 Å². The van der Waals surface area contributed by atoms with E-state index in [0.717, 1.165) is 18.8 Å². The Morgan fingerprint density at radius 3 is 2.71 bits per heavy atom. The molecule has 0 aromatic carbocycles. The Morgan fingerprint density at radius 2 is 2.21 bits per heavy atom. The minimum atomic E-state index is 0.267. The monoisotopic (exact) mass is 194 g/mol. The minimum absolute atomic E-state index is 0.267. The summed E-state index contributed by atoms with van der Waals surface area (Å²) in [6.45, 7) is 3.97. The first kappa shape index (κ1) is 11.1. The van der Waals surface area contributed by atoms with E-state index in [1.165, 1.54) is 0 Å². The fraction of sp³-hybridized carbons (Fsp3) is 0.600. The molecule has 0 radical (unpaired) electrons. The van der Waals surface area contributed by atoms with Gasteiger partial charge < -0.3 is 10.2 Å². The highest BCUT2D eigenvalue weighted by atomic mass is 15.1. The van der Waals surface area contributed by atoms with Gasteiger partial charge in [0.15, 0.2) is 0 Å². The van der Waals surface area contributed by atoms with E-state index in [1.807, 2.05) is 6.20 Å². The van der Waals surface area contributed by atoms with Crippen LogP contribution < -0.4 is 5.32 Å². The highest BCUT2D eigenvalue weighted by molar-refractivity contribution is 5.02. The molecule has 0 bridgehead atoms. The second-order valence-electron chi connectivity index (χ2n) is 3.50. The van der Waals surface area contributed by atoms with Crippen LogP contribution in [-0.2, 0) is 0 Å². The van der Waals surface area contributed by atoms with Crippen molar-refractivity contribution >= 4 is 0 Å². The predicted octanol–water partition coefficient (Wildman–Crippen LogP) is 0.689. The minimum Gasteiger partial charge on any atom is -0.308 e. The summed E-state index contributed by atoms with van der Waals surface area (Å²) in [7, 11) is 4.11. The van der Waals surface area contributed by atoms with E-state index in [1.54, 1.807) is 12.4 Å². The van der Waals surface area contributed by atoms with Crippen molar-refractivity contribution in [3.8, 4) is 0 Å². The maximum atomic E-state index is 4.30. The fourth-order valence-electron chi connectivity index (χ4n) is 1.36. The van der Waals surface area contributed by atoms with Crippen LogP contribution in [0.5, 0.6) is 0 Å². The number of aromatic nitrogens is 2. The van der Waals surface area contributed by atoms with Crippen molar-refractivity contribution in [2.45, 2.75) is 13.0 Å². The highest BCUT2D eigenvalue weighted by Crippen LogP contribution is 2.08. The van der Waals surface area contributed by atoms with Crippen LogP contribution in [0, 0.1) is 0 Å². The summed E-state index contributed by atoms with van der Waals surface area (Å²) in [6, 6.07) is 0.267. The molecule has 4 heteroatoms. The lowest BCUT2D eigenvalue weighted by atomic mass is 10.2. The van der Waals surface area contributed by atoms with Gasteiger partial charge in [-0.25, -0.2) is 0 Å². The van der Waals surface area contributed by atoms with Crippen molar-refractivity contribution in [3.63, 3.8) is 0 Å². The molecule has 0 saturated carbocycles. The fourth-order valence-corrected chi connectivity index (χ4v) is 1.36. The molecule has 0 amide bonds. The van der Waals surface area contributed by atoms with Crippen LogP contribution in [0.15, 0.2) is 18.6 Å². The van der Waals surface area contributed by atoms with Gasteiger partial charge in [0.05, 0.1) is 17.9 Å². The van der Waals surface area contributed by atoms with E-state index in [2.05, 4.69) is 41.2 Å². The number of nitrogens with zero attached hydrogens (tertiary/aromatic N) is 3. The molecule has 1 aromatic heterocycles. The average Bonchev–Trinajstić information content (AvgIpc) is 2.18. The van der Waals surface area contributed by atoms with Gasteiger partial charge in [0, 0.05) is 18.9 Å². The zero-order valence-corrected chi connectivity index (χ0v) is 9.07. The van der Waals surface area contributed by atoms with Crippen LogP contribution in [0.25, 0.3) is 0 Å². The highest BCUT2D eigenvalue weighted by Gasteiger charge is 2.11. The molecule has 1 rings (SSSR count). The molecule has 1 atom stereocenters. The van der Waals surface area contributed by atoms with E-state index in [0.29, 0.717) is 0 Å². The van der Waals surface area contributed by atoms with Gasteiger partial charge in [0.1, 0.15) is 0 Å². The van der Waals surface area contributed by atoms with Crippen LogP contribution in [0.1, 0.15) is 18.7 Å². The molecule has 0 spiro atoms. The van der Waals surface area contributed by atoms with E-state index in [9.17, 15) is 0 Å². The third-order valence-electron chi connectivity index (χ3n) is 1.94. The Labute approximate surface area is 85.4 Å². The van der Waals surface area contributed by atoms with Crippen LogP contribution in [0.2, 0.25) is 0 Å². The van der Waals surface area contributed by atoms with Crippen molar-refractivity contribution in [2.24, 2.45) is 0 Å². The molecule has 14 heavy (non-hydrogen) atoms. The maximum absolute atomic E-state index is 4.30. The number of nitrogens with one attached hydrogen (secondary N) is 1. The molecule has 1 unspecified atom stereocenters. The van der Waals surface area contributed by atoms with Crippen molar-refractivity contribution in [1.82, 2.24) is 20.2 Å². The lowest BCUT2D eigenvalue weighted by molar-refractivity contribution is 0.341. The number of hydrogen-bond donors (Lipinski definition) is 1. The second-order valence-corrected chi connectivity index (χ2v) is 3.50. The van der Waals surface area contributed by atoms with Gasteiger partial charge in [0.25, 0.3) is 0 Å². The third kappa shape index (κ3) is 3.40. The number of hydrogen-bond acceptors (Lipinski definition) is 4. The Hall–Kier alpha value is -1.00. The van der Waals surface area contributed by atoms with Crippen LogP contribution >= 0.6 is 0 Å². The first-order valence-electron chi connectivity index (χ1n) is 4.88. The van der Waals surface area contributed by atoms with Crippen LogP contribution in [0.3, 0.4) is 0 Å². The first-order chi connectivity index (χ1) is 6.74. The lowest BCUT2D eigenvalue weighted by Gasteiger charge is -2.20. The molecule has 0 fully saturated rings. The molecule has 0 aliphatic rings. The van der Waals surface area contributed by atoms with E-state index < -0.39 is 0 Å². The Morgan fingerprint density at radius 1 is 1.43 bits per heavy atom. The topological polar surface area (TPSA) is 41.0 Å². The van der Waals surface area contributed by atoms with Gasteiger partial charge in [-0.3, -0.25) is 9.97 Å². The summed E-state index contributed by atoms with van der Waals surface area (Å²) in [5, 5.41) is 3.39. The Bertz CT molecular complexity index is 248. The first-order valence-corrected chi connectivity index (χ1v) is 4.88. The SMILES string of the molecule is CCNC(CN(C)C)c1cnccn1. The number of likely N-dealkylation sites (N-methyl/N-ethyl adjacent to an activating group) is 2. The van der Waals surface area contributed by atoms with Crippen molar-refractivity contribution in [1.29, 1.82) is 0 Å². The zero-order valence-electron chi connectivity index (χ0n) is 9.07. The summed E-state index contributed by atoms with van der Waals surface area (Å²) in [5.74, 6) is 0. The lowest BCUT2D eigenvalue weighted by Crippen LogP contribution is -2.31. The van der Waals surface area contributed by atoms with E-state index in [4.69, 9.17) is 0 Å². The van der Waals surface area contributed by atoms with Crippen molar-refractivity contribution < 1.29 is 0 Å². The van der Waals surface area contributed by atoms with Crippen molar-refractivity contribution in [2.75, 3.05) is 27.2 Å². The van der Waals surface area contributed by atoms with E-state index in [-0.39, 0.29) is 6.04 Å². The van der Waals surface area contributed by atoms with E-state index >= 15 is 0 Å². The quantitative estimate of drug-likeness (QED) is 0.748. The van der Waals surface area contributed by atoms with Gasteiger partial charge in [-0.05, 0) is 20.6 Å². The summed E-state index contributed by atoms with van der Waals surface area (Å²) in [4.78, 5) is 10.5. The van der Waals surface area contributed by atoms with Gasteiger partial charge in [-0.15, -0.1) is 0 Å². The molecular weight excluding hydrogens is 176 g/mol.